The maximum atomic E-state index is 10.6. The van der Waals surface area contributed by atoms with Crippen LogP contribution in [0.3, 0.4) is 0 Å². The van der Waals surface area contributed by atoms with E-state index in [1.807, 2.05) is 6.07 Å². The van der Waals surface area contributed by atoms with Crippen molar-refractivity contribution in [2.45, 2.75) is 19.2 Å². The van der Waals surface area contributed by atoms with Crippen LogP contribution in [0.4, 0.5) is 0 Å². The van der Waals surface area contributed by atoms with Crippen molar-refractivity contribution < 1.29 is 9.90 Å². The summed E-state index contributed by atoms with van der Waals surface area (Å²) in [5.41, 5.74) is 2.73. The zero-order chi connectivity index (χ0) is 11.4. The van der Waals surface area contributed by atoms with Gasteiger partial charge in [0.15, 0.2) is 0 Å². The number of hydrogen-bond donors (Lipinski definition) is 1. The Hall–Kier alpha value is -1.53. The second kappa shape index (κ2) is 4.81. The number of nitriles is 1. The van der Waals surface area contributed by atoms with E-state index in [4.69, 9.17) is 22.0 Å². The number of carbonyl (C=O) groups is 1. The number of benzene rings is 1. The summed E-state index contributed by atoms with van der Waals surface area (Å²) in [6.07, 6.45) is -0.0609. The van der Waals surface area contributed by atoms with Crippen LogP contribution in [0.15, 0.2) is 12.1 Å². The lowest BCUT2D eigenvalue weighted by Gasteiger charge is -2.09. The van der Waals surface area contributed by atoms with E-state index in [1.54, 1.807) is 19.1 Å². The molecule has 0 aliphatic heterocycles. The van der Waals surface area contributed by atoms with Crippen LogP contribution < -0.4 is 0 Å². The zero-order valence-corrected chi connectivity index (χ0v) is 9.01. The Bertz CT molecular complexity index is 435. The molecular weight excluding hydrogens is 214 g/mol. The highest BCUT2D eigenvalue weighted by atomic mass is 35.5. The van der Waals surface area contributed by atoms with Gasteiger partial charge in [0.1, 0.15) is 0 Å². The Kier molecular flexibility index (Phi) is 3.70. The Labute approximate surface area is 92.9 Å². The molecule has 0 saturated carbocycles. The number of carboxylic acid groups (broad SMARTS) is 1. The van der Waals surface area contributed by atoms with Gasteiger partial charge in [-0.1, -0.05) is 6.07 Å². The van der Waals surface area contributed by atoms with Gasteiger partial charge in [0, 0.05) is 5.88 Å². The smallest absolute Gasteiger partial charge is 0.307 e. The quantitative estimate of drug-likeness (QED) is 0.800. The lowest BCUT2D eigenvalue weighted by molar-refractivity contribution is -0.136. The molecule has 0 unspecified atom stereocenters. The first-order valence-corrected chi connectivity index (χ1v) is 4.92. The standard InChI is InChI=1S/C11H10ClNO2/c1-7-9(6-13)3-2-8(4-11(14)15)10(7)5-12/h2-3H,4-5H2,1H3,(H,14,15). The number of nitrogens with zero attached hydrogens (tertiary/aromatic N) is 1. The third-order valence-corrected chi connectivity index (χ3v) is 2.56. The third kappa shape index (κ3) is 2.48. The maximum absolute atomic E-state index is 10.6. The van der Waals surface area contributed by atoms with Crippen LogP contribution in [0.5, 0.6) is 0 Å². The van der Waals surface area contributed by atoms with Crippen molar-refractivity contribution in [1.29, 1.82) is 5.26 Å². The van der Waals surface area contributed by atoms with Gasteiger partial charge >= 0.3 is 5.97 Å². The highest BCUT2D eigenvalue weighted by Crippen LogP contribution is 2.20. The van der Waals surface area contributed by atoms with Crippen molar-refractivity contribution >= 4 is 17.6 Å². The van der Waals surface area contributed by atoms with Crippen LogP contribution in [-0.2, 0) is 17.1 Å². The molecule has 1 aromatic rings. The molecular formula is C11H10ClNO2. The predicted octanol–water partition coefficient (Wildman–Crippen LogP) is 2.23. The molecule has 0 fully saturated rings. The molecule has 4 heteroatoms. The van der Waals surface area contributed by atoms with Gasteiger partial charge in [-0.25, -0.2) is 0 Å². The van der Waals surface area contributed by atoms with E-state index in [-0.39, 0.29) is 12.3 Å². The molecule has 0 saturated heterocycles. The summed E-state index contributed by atoms with van der Waals surface area (Å²) in [4.78, 5) is 10.6. The predicted molar refractivity (Wildman–Crippen MR) is 56.8 cm³/mol. The Morgan fingerprint density at radius 3 is 2.73 bits per heavy atom. The second-order valence-electron chi connectivity index (χ2n) is 3.19. The molecule has 0 spiro atoms. The minimum absolute atomic E-state index is 0.0609. The number of aliphatic carboxylic acids is 1. The molecule has 0 aliphatic rings. The van der Waals surface area contributed by atoms with E-state index in [0.717, 1.165) is 11.1 Å². The van der Waals surface area contributed by atoms with Gasteiger partial charge in [0.05, 0.1) is 18.1 Å². The Balaban J connectivity index is 3.25. The maximum Gasteiger partial charge on any atom is 0.307 e. The first-order chi connectivity index (χ1) is 7.10. The first kappa shape index (κ1) is 11.5. The zero-order valence-electron chi connectivity index (χ0n) is 8.25. The molecule has 0 amide bonds. The fourth-order valence-corrected chi connectivity index (χ4v) is 1.82. The molecule has 0 heterocycles. The molecule has 1 aromatic carbocycles. The van der Waals surface area contributed by atoms with Gasteiger partial charge < -0.3 is 5.11 Å². The number of rotatable bonds is 3. The summed E-state index contributed by atoms with van der Waals surface area (Å²) < 4.78 is 0. The average molecular weight is 224 g/mol. The van der Waals surface area contributed by atoms with E-state index < -0.39 is 5.97 Å². The lowest BCUT2D eigenvalue weighted by Crippen LogP contribution is -2.05. The fraction of sp³-hybridized carbons (Fsp3) is 0.273. The topological polar surface area (TPSA) is 61.1 Å². The second-order valence-corrected chi connectivity index (χ2v) is 3.46. The molecule has 0 atom stereocenters. The van der Waals surface area contributed by atoms with Gasteiger partial charge in [0.25, 0.3) is 0 Å². The van der Waals surface area contributed by atoms with E-state index in [2.05, 4.69) is 0 Å². The molecule has 0 aliphatic carbocycles. The van der Waals surface area contributed by atoms with Crippen molar-refractivity contribution in [2.24, 2.45) is 0 Å². The first-order valence-electron chi connectivity index (χ1n) is 4.39. The van der Waals surface area contributed by atoms with Crippen LogP contribution in [-0.4, -0.2) is 11.1 Å². The summed E-state index contributed by atoms with van der Waals surface area (Å²) in [5.74, 6) is -0.672. The Morgan fingerprint density at radius 1 is 1.60 bits per heavy atom. The van der Waals surface area contributed by atoms with Crippen LogP contribution >= 0.6 is 11.6 Å². The minimum Gasteiger partial charge on any atom is -0.481 e. The highest BCUT2D eigenvalue weighted by Gasteiger charge is 2.11. The molecule has 15 heavy (non-hydrogen) atoms. The van der Waals surface area contributed by atoms with Crippen molar-refractivity contribution in [3.8, 4) is 6.07 Å². The Morgan fingerprint density at radius 2 is 2.27 bits per heavy atom. The fourth-order valence-electron chi connectivity index (χ4n) is 1.45. The molecule has 0 radical (unpaired) electrons. The van der Waals surface area contributed by atoms with E-state index >= 15 is 0 Å². The van der Waals surface area contributed by atoms with Crippen molar-refractivity contribution in [3.05, 3.63) is 34.4 Å². The van der Waals surface area contributed by atoms with Crippen molar-refractivity contribution in [1.82, 2.24) is 0 Å². The normalized spacial score (nSPS) is 9.67. The van der Waals surface area contributed by atoms with Crippen molar-refractivity contribution in [2.75, 3.05) is 0 Å². The van der Waals surface area contributed by atoms with Gasteiger partial charge in [-0.2, -0.15) is 5.26 Å². The van der Waals surface area contributed by atoms with Gasteiger partial charge in [-0.3, -0.25) is 4.79 Å². The van der Waals surface area contributed by atoms with Crippen LogP contribution in [0.1, 0.15) is 22.3 Å². The summed E-state index contributed by atoms with van der Waals surface area (Å²) in [5, 5.41) is 17.5. The molecule has 1 rings (SSSR count). The van der Waals surface area contributed by atoms with Gasteiger partial charge in [0.2, 0.25) is 0 Å². The van der Waals surface area contributed by atoms with E-state index in [1.165, 1.54) is 0 Å². The molecule has 0 bridgehead atoms. The molecule has 78 valence electrons. The van der Waals surface area contributed by atoms with Crippen LogP contribution in [0.2, 0.25) is 0 Å². The van der Waals surface area contributed by atoms with E-state index in [0.29, 0.717) is 11.1 Å². The molecule has 3 nitrogen and oxygen atoms in total. The highest BCUT2D eigenvalue weighted by molar-refractivity contribution is 6.17. The molecule has 0 aromatic heterocycles. The monoisotopic (exact) mass is 223 g/mol. The van der Waals surface area contributed by atoms with Crippen LogP contribution in [0, 0.1) is 18.3 Å². The van der Waals surface area contributed by atoms with E-state index in [9.17, 15) is 4.79 Å². The number of halogens is 1. The largest absolute Gasteiger partial charge is 0.481 e. The van der Waals surface area contributed by atoms with Crippen molar-refractivity contribution in [3.63, 3.8) is 0 Å². The summed E-state index contributed by atoms with van der Waals surface area (Å²) >= 11 is 5.75. The van der Waals surface area contributed by atoms with Gasteiger partial charge in [-0.15, -0.1) is 11.6 Å². The minimum atomic E-state index is -0.898. The number of alkyl halides is 1. The summed E-state index contributed by atoms with van der Waals surface area (Å²) in [7, 11) is 0. The molecule has 1 N–H and O–H groups in total. The van der Waals surface area contributed by atoms with Gasteiger partial charge in [-0.05, 0) is 29.7 Å². The number of hydrogen-bond acceptors (Lipinski definition) is 2. The summed E-state index contributed by atoms with van der Waals surface area (Å²) in [6.45, 7) is 1.78. The lowest BCUT2D eigenvalue weighted by atomic mass is 9.97. The SMILES string of the molecule is Cc1c(C#N)ccc(CC(=O)O)c1CCl. The number of carboxylic acids is 1. The summed E-state index contributed by atoms with van der Waals surface area (Å²) in [6, 6.07) is 5.32. The van der Waals surface area contributed by atoms with Crippen LogP contribution in [0.25, 0.3) is 0 Å². The average Bonchev–Trinajstić information content (AvgIpc) is 2.18. The third-order valence-electron chi connectivity index (χ3n) is 2.29.